The first-order valence-electron chi connectivity index (χ1n) is 16.2. The van der Waals surface area contributed by atoms with Gasteiger partial charge in [-0.2, -0.15) is 0 Å². The van der Waals surface area contributed by atoms with E-state index >= 15 is 0 Å². The number of benzene rings is 2. The number of nitrogens with one attached hydrogen (secondary N) is 1. The van der Waals surface area contributed by atoms with Gasteiger partial charge in [-0.25, -0.2) is 4.21 Å². The second kappa shape index (κ2) is 12.4. The molecule has 2 bridgehead atoms. The Labute approximate surface area is 274 Å². The largest absolute Gasteiger partial charge is 0.490 e. The molecule has 0 saturated heterocycles. The molecule has 0 aromatic heterocycles. The van der Waals surface area contributed by atoms with Crippen LogP contribution in [0.5, 0.6) is 5.75 Å². The fourth-order valence-electron chi connectivity index (χ4n) is 7.95. The number of anilines is 1. The van der Waals surface area contributed by atoms with Crippen molar-refractivity contribution in [2.24, 2.45) is 17.8 Å². The number of allylic oxidation sites excluding steroid dienone is 1. The number of ether oxygens (including phenoxy) is 2. The van der Waals surface area contributed by atoms with Crippen LogP contribution in [0.25, 0.3) is 0 Å². The molecule has 240 valence electrons. The number of aryl methyl sites for hydroxylation is 1. The summed E-state index contributed by atoms with van der Waals surface area (Å²) in [5, 5.41) is 0.415. The van der Waals surface area contributed by atoms with Gasteiger partial charge in [0, 0.05) is 47.4 Å². The van der Waals surface area contributed by atoms with Crippen molar-refractivity contribution >= 4 is 38.8 Å². The SMILES string of the molecule is C=S1(=O)NC(=O)c2ccc3c(c2)N(C[C@@H]2CC[C@H]2[C@@](C#CC)(OC)/C=C/C[C@H](C)[C@H]1C)C[C@@]1(CCCc2cc(Cl)ccc21)CO3. The Hall–Kier alpha value is -2.92. The summed E-state index contributed by atoms with van der Waals surface area (Å²) in [5.41, 5.74) is 2.98. The molecule has 1 saturated carbocycles. The molecule has 1 fully saturated rings. The minimum atomic E-state index is -2.94. The smallest absolute Gasteiger partial charge is 0.262 e. The molecule has 2 aromatic rings. The number of methoxy groups -OCH3 is 1. The van der Waals surface area contributed by atoms with Crippen molar-refractivity contribution in [3.05, 3.63) is 70.3 Å². The van der Waals surface area contributed by atoms with Crippen LogP contribution in [0.3, 0.4) is 0 Å². The van der Waals surface area contributed by atoms with Crippen molar-refractivity contribution in [1.29, 1.82) is 0 Å². The molecule has 1 spiro atoms. The Morgan fingerprint density at radius 1 is 1.20 bits per heavy atom. The van der Waals surface area contributed by atoms with Crippen LogP contribution in [0.15, 0.2) is 48.6 Å². The molecule has 6 nitrogen and oxygen atoms in total. The minimum Gasteiger partial charge on any atom is -0.490 e. The third-order valence-electron chi connectivity index (χ3n) is 10.9. The van der Waals surface area contributed by atoms with Gasteiger partial charge in [-0.1, -0.05) is 36.6 Å². The van der Waals surface area contributed by atoms with Crippen LogP contribution in [0.1, 0.15) is 74.4 Å². The van der Waals surface area contributed by atoms with Crippen molar-refractivity contribution in [2.45, 2.75) is 75.6 Å². The Balaban J connectivity index is 1.47. The first-order valence-corrected chi connectivity index (χ1v) is 18.3. The average Bonchev–Trinajstić information content (AvgIpc) is 3.15. The molecular formula is C37H45ClN2O4S. The number of nitrogens with zero attached hydrogens (tertiary/aromatic N) is 1. The third-order valence-corrected chi connectivity index (χ3v) is 13.4. The van der Waals surface area contributed by atoms with Crippen LogP contribution in [0.2, 0.25) is 5.02 Å². The van der Waals surface area contributed by atoms with Crippen molar-refractivity contribution in [3.8, 4) is 17.6 Å². The Kier molecular flexibility index (Phi) is 8.80. The second-order valence-corrected chi connectivity index (χ2v) is 16.4. The molecule has 1 unspecified atom stereocenters. The predicted molar refractivity (Wildman–Crippen MR) is 185 cm³/mol. The molecule has 2 aromatic carbocycles. The normalized spacial score (nSPS) is 35.3. The number of hydrogen-bond acceptors (Lipinski definition) is 5. The molecular weight excluding hydrogens is 604 g/mol. The predicted octanol–water partition coefficient (Wildman–Crippen LogP) is 6.59. The molecule has 1 N–H and O–H groups in total. The summed E-state index contributed by atoms with van der Waals surface area (Å²) in [7, 11) is -1.18. The molecule has 8 heteroatoms. The van der Waals surface area contributed by atoms with Gasteiger partial charge in [0.05, 0.1) is 22.0 Å². The zero-order valence-corrected chi connectivity index (χ0v) is 28.4. The van der Waals surface area contributed by atoms with Gasteiger partial charge in [0.15, 0.2) is 0 Å². The van der Waals surface area contributed by atoms with Crippen molar-refractivity contribution < 1.29 is 18.5 Å². The lowest BCUT2D eigenvalue weighted by Crippen LogP contribution is -2.52. The quantitative estimate of drug-likeness (QED) is 0.215. The zero-order valence-electron chi connectivity index (χ0n) is 26.9. The van der Waals surface area contributed by atoms with E-state index < -0.39 is 15.3 Å². The van der Waals surface area contributed by atoms with Gasteiger partial charge in [-0.15, -0.1) is 5.92 Å². The van der Waals surface area contributed by atoms with Gasteiger partial charge < -0.3 is 14.4 Å². The van der Waals surface area contributed by atoms with Crippen LogP contribution >= 0.6 is 11.6 Å². The third kappa shape index (κ3) is 5.90. The van der Waals surface area contributed by atoms with E-state index in [1.54, 1.807) is 13.2 Å². The van der Waals surface area contributed by atoms with Crippen LogP contribution in [0, 0.1) is 29.6 Å². The van der Waals surface area contributed by atoms with E-state index in [-0.39, 0.29) is 28.4 Å². The number of halogens is 1. The molecule has 45 heavy (non-hydrogen) atoms. The molecule has 0 radical (unpaired) electrons. The van der Waals surface area contributed by atoms with E-state index in [9.17, 15) is 9.00 Å². The summed E-state index contributed by atoms with van der Waals surface area (Å²) in [6.07, 6.45) is 10.1. The lowest BCUT2D eigenvalue weighted by molar-refractivity contribution is -0.0351. The summed E-state index contributed by atoms with van der Waals surface area (Å²) < 4.78 is 29.5. The van der Waals surface area contributed by atoms with Crippen molar-refractivity contribution in [3.63, 3.8) is 0 Å². The highest BCUT2D eigenvalue weighted by Gasteiger charge is 2.48. The van der Waals surface area contributed by atoms with Crippen molar-refractivity contribution in [2.75, 3.05) is 31.7 Å². The Morgan fingerprint density at radius 3 is 2.76 bits per heavy atom. The summed E-state index contributed by atoms with van der Waals surface area (Å²) in [6.45, 7) is 7.88. The highest BCUT2D eigenvalue weighted by Crippen LogP contribution is 2.49. The molecule has 4 aliphatic rings. The fraction of sp³-hybridized carbons (Fsp3) is 0.514. The summed E-state index contributed by atoms with van der Waals surface area (Å²) in [4.78, 5) is 16.0. The zero-order chi connectivity index (χ0) is 32.0. The maximum atomic E-state index is 13.8. The number of fused-ring (bicyclic) bond motifs is 4. The molecule has 6 rings (SSSR count). The molecule has 1 amide bonds. The highest BCUT2D eigenvalue weighted by atomic mass is 35.5. The molecule has 2 heterocycles. The summed E-state index contributed by atoms with van der Waals surface area (Å²) in [5.74, 6) is 11.5. The van der Waals surface area contributed by atoms with Gasteiger partial charge in [0.1, 0.15) is 11.4 Å². The Morgan fingerprint density at radius 2 is 2.02 bits per heavy atom. The van der Waals surface area contributed by atoms with Crippen LogP contribution < -0.4 is 14.4 Å². The monoisotopic (exact) mass is 648 g/mol. The van der Waals surface area contributed by atoms with Gasteiger partial charge in [-0.3, -0.25) is 9.52 Å². The first kappa shape index (κ1) is 32.0. The van der Waals surface area contributed by atoms with Gasteiger partial charge >= 0.3 is 0 Å². The minimum absolute atomic E-state index is 0.0150. The van der Waals surface area contributed by atoms with Gasteiger partial charge in [0.25, 0.3) is 5.91 Å². The first-order chi connectivity index (χ1) is 21.5. The molecule has 2 aliphatic carbocycles. The van der Waals surface area contributed by atoms with Crippen LogP contribution in [-0.2, 0) is 26.3 Å². The lowest BCUT2D eigenvalue weighted by atomic mass is 9.64. The lowest BCUT2D eigenvalue weighted by Gasteiger charge is -2.48. The van der Waals surface area contributed by atoms with Crippen LogP contribution in [-0.4, -0.2) is 53.6 Å². The number of carbonyl (C=O) groups is 1. The van der Waals surface area contributed by atoms with Crippen molar-refractivity contribution in [1.82, 2.24) is 4.72 Å². The van der Waals surface area contributed by atoms with E-state index in [1.807, 2.05) is 39.0 Å². The maximum absolute atomic E-state index is 13.8. The second-order valence-electron chi connectivity index (χ2n) is 13.6. The Bertz CT molecular complexity index is 1680. The van der Waals surface area contributed by atoms with E-state index in [0.717, 1.165) is 61.7 Å². The number of hydrogen-bond donors (Lipinski definition) is 1. The van der Waals surface area contributed by atoms with E-state index in [4.69, 9.17) is 21.1 Å². The highest BCUT2D eigenvalue weighted by molar-refractivity contribution is 7.99. The van der Waals surface area contributed by atoms with E-state index in [0.29, 0.717) is 24.5 Å². The van der Waals surface area contributed by atoms with Crippen LogP contribution in [0.4, 0.5) is 5.69 Å². The van der Waals surface area contributed by atoms with Gasteiger partial charge in [-0.05, 0) is 118 Å². The number of rotatable bonds is 1. The standard InChI is InChI=1S/C37H45ClN2O4S/c1-6-17-37(43-4)19-7-9-25(2)26(3)45(5,42)39-35(41)28-12-16-34-33(21-28)40(22-29-11-14-32(29)37)23-36(24-44-34)18-8-10-27-20-30(38)13-15-31(27)36/h7,12-13,15-16,19-21,25-26,29,32H,5,8-11,14,18,22-24H2,1-4H3,(H,39,41,42)/b19-7+/t25-,26+,29-,32+,36-,37-,45?/m0/s1. The van der Waals surface area contributed by atoms with Gasteiger partial charge in [0.2, 0.25) is 0 Å². The molecule has 2 aliphatic heterocycles. The topological polar surface area (TPSA) is 67.9 Å². The fourth-order valence-corrected chi connectivity index (χ4v) is 9.62. The maximum Gasteiger partial charge on any atom is 0.262 e. The summed E-state index contributed by atoms with van der Waals surface area (Å²) in [6, 6.07) is 11.9. The number of carbonyl (C=O) groups excluding carboxylic acids is 1. The number of amides is 1. The molecule has 7 atom stereocenters. The van der Waals surface area contributed by atoms with E-state index in [1.165, 1.54) is 11.1 Å². The average molecular weight is 649 g/mol. The summed E-state index contributed by atoms with van der Waals surface area (Å²) >= 11 is 6.45. The van der Waals surface area contributed by atoms with E-state index in [2.05, 4.69) is 51.6 Å².